The average molecular weight is 284 g/mol. The minimum absolute atomic E-state index is 0.562. The van der Waals surface area contributed by atoms with E-state index in [0.29, 0.717) is 18.5 Å². The lowest BCUT2D eigenvalue weighted by Crippen LogP contribution is -2.33. The van der Waals surface area contributed by atoms with E-state index in [1.165, 1.54) is 0 Å². The second-order valence-corrected chi connectivity index (χ2v) is 5.15. The third kappa shape index (κ3) is 1.61. The Bertz CT molecular complexity index is 425. The highest BCUT2D eigenvalue weighted by Gasteiger charge is 2.44. The van der Waals surface area contributed by atoms with Gasteiger partial charge in [0.1, 0.15) is 0 Å². The molecule has 1 aliphatic rings. The molecule has 3 N–H and O–H groups in total. The molecule has 0 atom stereocenters. The van der Waals surface area contributed by atoms with Gasteiger partial charge in [0.05, 0.1) is 11.1 Å². The van der Waals surface area contributed by atoms with Crippen molar-refractivity contribution < 1.29 is 9.90 Å². The van der Waals surface area contributed by atoms with E-state index >= 15 is 0 Å². The Balaban J connectivity index is 2.56. The van der Waals surface area contributed by atoms with Gasteiger partial charge in [0.15, 0.2) is 0 Å². The summed E-state index contributed by atoms with van der Waals surface area (Å²) in [6, 6.07) is 5.52. The van der Waals surface area contributed by atoms with Gasteiger partial charge in [-0.15, -0.1) is 0 Å². The quantitative estimate of drug-likeness (QED) is 0.821. The number of rotatable bonds is 2. The summed E-state index contributed by atoms with van der Waals surface area (Å²) in [5, 5.41) is 9.46. The van der Waals surface area contributed by atoms with Crippen LogP contribution in [0.4, 0.5) is 5.69 Å². The van der Waals surface area contributed by atoms with E-state index < -0.39 is 11.4 Å². The van der Waals surface area contributed by atoms with Gasteiger partial charge < -0.3 is 10.8 Å². The molecule has 1 aromatic carbocycles. The standard InChI is InChI=1S/C12H14BrNO2/c13-9-5-3-4-8(10(9)14)12(11(15)16)6-1-2-7-12/h3-5H,1-2,6-7,14H2,(H,15,16). The summed E-state index contributed by atoms with van der Waals surface area (Å²) >= 11 is 3.35. The molecule has 16 heavy (non-hydrogen) atoms. The van der Waals surface area contributed by atoms with E-state index in [1.54, 1.807) is 0 Å². The van der Waals surface area contributed by atoms with Crippen molar-refractivity contribution in [2.45, 2.75) is 31.1 Å². The maximum absolute atomic E-state index is 11.5. The van der Waals surface area contributed by atoms with E-state index in [4.69, 9.17) is 5.73 Å². The first-order valence-electron chi connectivity index (χ1n) is 5.36. The van der Waals surface area contributed by atoms with Gasteiger partial charge in [0, 0.05) is 4.47 Å². The van der Waals surface area contributed by atoms with Crippen molar-refractivity contribution in [1.82, 2.24) is 0 Å². The zero-order valence-corrected chi connectivity index (χ0v) is 10.5. The number of hydrogen-bond donors (Lipinski definition) is 2. The molecule has 1 fully saturated rings. The van der Waals surface area contributed by atoms with Gasteiger partial charge in [0.2, 0.25) is 0 Å². The largest absolute Gasteiger partial charge is 0.481 e. The van der Waals surface area contributed by atoms with E-state index in [9.17, 15) is 9.90 Å². The number of carbonyl (C=O) groups is 1. The molecular formula is C12H14BrNO2. The Hall–Kier alpha value is -1.03. The van der Waals surface area contributed by atoms with Crippen molar-refractivity contribution in [2.75, 3.05) is 5.73 Å². The fourth-order valence-corrected chi connectivity index (χ4v) is 2.90. The first-order chi connectivity index (χ1) is 7.58. The van der Waals surface area contributed by atoms with Crippen molar-refractivity contribution in [3.63, 3.8) is 0 Å². The van der Waals surface area contributed by atoms with Crippen LogP contribution < -0.4 is 5.73 Å². The van der Waals surface area contributed by atoms with Crippen molar-refractivity contribution in [3.8, 4) is 0 Å². The lowest BCUT2D eigenvalue weighted by molar-refractivity contribution is -0.143. The van der Waals surface area contributed by atoms with Crippen LogP contribution in [0.15, 0.2) is 22.7 Å². The zero-order chi connectivity index (χ0) is 11.8. The van der Waals surface area contributed by atoms with E-state index in [-0.39, 0.29) is 0 Å². The molecule has 0 saturated heterocycles. The molecule has 0 aliphatic heterocycles. The molecule has 0 spiro atoms. The van der Waals surface area contributed by atoms with Gasteiger partial charge >= 0.3 is 5.97 Å². The summed E-state index contributed by atoms with van der Waals surface area (Å²) in [7, 11) is 0. The Kier molecular flexibility index (Phi) is 2.93. The molecule has 1 saturated carbocycles. The smallest absolute Gasteiger partial charge is 0.314 e. The Morgan fingerprint density at radius 2 is 2.00 bits per heavy atom. The fraction of sp³-hybridized carbons (Fsp3) is 0.417. The molecule has 0 amide bonds. The Labute approximate surface area is 103 Å². The van der Waals surface area contributed by atoms with Gasteiger partial charge in [-0.1, -0.05) is 25.0 Å². The van der Waals surface area contributed by atoms with Crippen LogP contribution >= 0.6 is 15.9 Å². The normalized spacial score (nSPS) is 18.6. The van der Waals surface area contributed by atoms with Crippen molar-refractivity contribution in [1.29, 1.82) is 0 Å². The highest BCUT2D eigenvalue weighted by molar-refractivity contribution is 9.10. The number of aliphatic carboxylic acids is 1. The maximum Gasteiger partial charge on any atom is 0.314 e. The van der Waals surface area contributed by atoms with Gasteiger partial charge in [-0.2, -0.15) is 0 Å². The fourth-order valence-electron chi connectivity index (χ4n) is 2.53. The molecule has 0 bridgehead atoms. The minimum Gasteiger partial charge on any atom is -0.481 e. The number of nitrogens with two attached hydrogens (primary N) is 1. The monoisotopic (exact) mass is 283 g/mol. The Morgan fingerprint density at radius 3 is 2.56 bits per heavy atom. The second kappa shape index (κ2) is 4.09. The average Bonchev–Trinajstić information content (AvgIpc) is 2.72. The molecule has 4 heteroatoms. The van der Waals surface area contributed by atoms with Crippen molar-refractivity contribution >= 4 is 27.6 Å². The third-order valence-corrected chi connectivity index (χ3v) is 4.13. The van der Waals surface area contributed by atoms with Gasteiger partial charge in [0.25, 0.3) is 0 Å². The summed E-state index contributed by atoms with van der Waals surface area (Å²) in [6.07, 6.45) is 3.28. The highest BCUT2D eigenvalue weighted by atomic mass is 79.9. The number of hydrogen-bond acceptors (Lipinski definition) is 2. The van der Waals surface area contributed by atoms with Gasteiger partial charge in [-0.05, 0) is 40.4 Å². The van der Waals surface area contributed by atoms with Crippen LogP contribution in [0.3, 0.4) is 0 Å². The number of carboxylic acids is 1. The number of carboxylic acid groups (broad SMARTS) is 1. The van der Waals surface area contributed by atoms with Gasteiger partial charge in [-0.25, -0.2) is 0 Å². The molecule has 0 radical (unpaired) electrons. The van der Waals surface area contributed by atoms with Crippen molar-refractivity contribution in [2.24, 2.45) is 0 Å². The number of anilines is 1. The van der Waals surface area contributed by atoms with Crippen LogP contribution in [0.25, 0.3) is 0 Å². The van der Waals surface area contributed by atoms with Crippen LogP contribution in [0.5, 0.6) is 0 Å². The summed E-state index contributed by atoms with van der Waals surface area (Å²) < 4.78 is 0.775. The van der Waals surface area contributed by atoms with Crippen LogP contribution in [-0.2, 0) is 10.2 Å². The summed E-state index contributed by atoms with van der Waals surface area (Å²) in [5.74, 6) is -0.755. The molecular weight excluding hydrogens is 270 g/mol. The number of nitrogen functional groups attached to an aromatic ring is 1. The van der Waals surface area contributed by atoms with E-state index in [1.807, 2.05) is 18.2 Å². The predicted octanol–water partition coefficient (Wildman–Crippen LogP) is 2.93. The second-order valence-electron chi connectivity index (χ2n) is 4.30. The summed E-state index contributed by atoms with van der Waals surface area (Å²) in [5.41, 5.74) is 6.52. The lowest BCUT2D eigenvalue weighted by atomic mass is 9.78. The molecule has 3 nitrogen and oxygen atoms in total. The molecule has 0 unspecified atom stereocenters. The van der Waals surface area contributed by atoms with Crippen LogP contribution in [-0.4, -0.2) is 11.1 Å². The number of halogens is 1. The maximum atomic E-state index is 11.5. The molecule has 86 valence electrons. The zero-order valence-electron chi connectivity index (χ0n) is 8.87. The number of para-hydroxylation sites is 1. The first kappa shape index (κ1) is 11.5. The third-order valence-electron chi connectivity index (χ3n) is 3.43. The predicted molar refractivity (Wildman–Crippen MR) is 66.3 cm³/mol. The minimum atomic E-state index is -0.770. The topological polar surface area (TPSA) is 63.3 Å². The molecule has 1 aromatic rings. The SMILES string of the molecule is Nc1c(Br)cccc1C1(C(=O)O)CCCC1. The van der Waals surface area contributed by atoms with Gasteiger partial charge in [-0.3, -0.25) is 4.79 Å². The first-order valence-corrected chi connectivity index (χ1v) is 6.15. The van der Waals surface area contributed by atoms with Crippen LogP contribution in [0, 0.1) is 0 Å². The van der Waals surface area contributed by atoms with Crippen LogP contribution in [0.2, 0.25) is 0 Å². The van der Waals surface area contributed by atoms with E-state index in [0.717, 1.165) is 22.9 Å². The van der Waals surface area contributed by atoms with Crippen LogP contribution in [0.1, 0.15) is 31.2 Å². The lowest BCUT2D eigenvalue weighted by Gasteiger charge is -2.26. The van der Waals surface area contributed by atoms with Crippen molar-refractivity contribution in [3.05, 3.63) is 28.2 Å². The molecule has 0 aromatic heterocycles. The molecule has 1 aliphatic carbocycles. The summed E-state index contributed by atoms with van der Waals surface area (Å²) in [6.45, 7) is 0. The number of benzene rings is 1. The molecule has 2 rings (SSSR count). The Morgan fingerprint density at radius 1 is 1.38 bits per heavy atom. The molecule has 0 heterocycles. The van der Waals surface area contributed by atoms with E-state index in [2.05, 4.69) is 15.9 Å². The highest BCUT2D eigenvalue weighted by Crippen LogP contribution is 2.44. The summed E-state index contributed by atoms with van der Waals surface area (Å²) in [4.78, 5) is 11.5.